The number of rotatable bonds is 4. The van der Waals surface area contributed by atoms with E-state index in [1.54, 1.807) is 22.7 Å². The van der Waals surface area contributed by atoms with Crippen LogP contribution in [0.2, 0.25) is 0 Å². The summed E-state index contributed by atoms with van der Waals surface area (Å²) in [5, 5.41) is 0. The molecule has 0 N–H and O–H groups in total. The third-order valence-corrected chi connectivity index (χ3v) is 5.95. The zero-order valence-electron chi connectivity index (χ0n) is 12.0. The van der Waals surface area contributed by atoms with Gasteiger partial charge in [0.05, 0.1) is 11.2 Å². The van der Waals surface area contributed by atoms with Gasteiger partial charge in [-0.25, -0.2) is 8.42 Å². The van der Waals surface area contributed by atoms with E-state index in [1.807, 2.05) is 24.3 Å². The summed E-state index contributed by atoms with van der Waals surface area (Å²) in [6, 6.07) is 10.9. The summed E-state index contributed by atoms with van der Waals surface area (Å²) in [6.07, 6.45) is 3.35. The first-order valence-corrected chi connectivity index (χ1v) is 8.67. The summed E-state index contributed by atoms with van der Waals surface area (Å²) in [5.74, 6) is 1.03. The van der Waals surface area contributed by atoms with Crippen LogP contribution in [-0.4, -0.2) is 25.8 Å². The molecule has 1 fully saturated rings. The van der Waals surface area contributed by atoms with E-state index in [0.29, 0.717) is 18.0 Å². The van der Waals surface area contributed by atoms with Crippen molar-refractivity contribution in [3.63, 3.8) is 0 Å². The van der Waals surface area contributed by atoms with Crippen molar-refractivity contribution in [1.82, 2.24) is 4.31 Å². The molecule has 1 saturated heterocycles. The van der Waals surface area contributed by atoms with Crippen molar-refractivity contribution < 1.29 is 12.8 Å². The Kier molecular flexibility index (Phi) is 3.87. The van der Waals surface area contributed by atoms with Gasteiger partial charge in [0.15, 0.2) is 0 Å². The molecular weight excluding hydrogens is 286 g/mol. The van der Waals surface area contributed by atoms with E-state index in [0.717, 1.165) is 24.2 Å². The van der Waals surface area contributed by atoms with Crippen LogP contribution in [0.3, 0.4) is 0 Å². The summed E-state index contributed by atoms with van der Waals surface area (Å²) in [5.41, 5.74) is 1.14. The molecule has 0 spiro atoms. The topological polar surface area (TPSA) is 50.5 Å². The molecule has 0 saturated carbocycles. The summed E-state index contributed by atoms with van der Waals surface area (Å²) in [4.78, 5) is 0.375. The molecule has 0 amide bonds. The highest BCUT2D eigenvalue weighted by molar-refractivity contribution is 7.89. The van der Waals surface area contributed by atoms with Gasteiger partial charge in [-0.15, -0.1) is 0 Å². The maximum Gasteiger partial charge on any atom is 0.243 e. The standard InChI is InChI=1S/C16H19NO3S/c1-2-13-5-7-15(8-6-13)21(18,19)17-10-9-14(12-17)16-4-3-11-20-16/h3-8,11,14H,2,9-10,12H2,1H3. The number of hydrogen-bond donors (Lipinski definition) is 0. The SMILES string of the molecule is CCc1ccc(S(=O)(=O)N2CCC(c3ccco3)C2)cc1. The lowest BCUT2D eigenvalue weighted by atomic mass is 10.1. The lowest BCUT2D eigenvalue weighted by molar-refractivity contribution is 0.445. The van der Waals surface area contributed by atoms with E-state index in [2.05, 4.69) is 6.92 Å². The smallest absolute Gasteiger partial charge is 0.243 e. The van der Waals surface area contributed by atoms with E-state index in [1.165, 1.54) is 0 Å². The molecule has 1 unspecified atom stereocenters. The molecule has 1 aromatic carbocycles. The third-order valence-electron chi connectivity index (χ3n) is 4.07. The van der Waals surface area contributed by atoms with Crippen LogP contribution < -0.4 is 0 Å². The number of sulfonamides is 1. The van der Waals surface area contributed by atoms with Crippen LogP contribution in [0.15, 0.2) is 52.0 Å². The second-order valence-corrected chi connectivity index (χ2v) is 7.30. The molecule has 4 nitrogen and oxygen atoms in total. The van der Waals surface area contributed by atoms with E-state index < -0.39 is 10.0 Å². The Balaban J connectivity index is 1.79. The predicted molar refractivity (Wildman–Crippen MR) is 80.6 cm³/mol. The number of nitrogens with zero attached hydrogens (tertiary/aromatic N) is 1. The molecule has 21 heavy (non-hydrogen) atoms. The molecule has 0 aliphatic carbocycles. The molecule has 3 rings (SSSR count). The zero-order valence-corrected chi connectivity index (χ0v) is 12.8. The monoisotopic (exact) mass is 305 g/mol. The fourth-order valence-corrected chi connectivity index (χ4v) is 4.25. The van der Waals surface area contributed by atoms with Gasteiger partial charge < -0.3 is 4.42 Å². The predicted octanol–water partition coefficient (Wildman–Crippen LogP) is 3.02. The molecule has 1 aliphatic heterocycles. The van der Waals surface area contributed by atoms with Gasteiger partial charge in [0.25, 0.3) is 0 Å². The van der Waals surface area contributed by atoms with E-state index in [4.69, 9.17) is 4.42 Å². The van der Waals surface area contributed by atoms with E-state index in [-0.39, 0.29) is 5.92 Å². The second-order valence-electron chi connectivity index (χ2n) is 5.36. The maximum atomic E-state index is 12.6. The summed E-state index contributed by atoms with van der Waals surface area (Å²) < 4.78 is 32.2. The first-order valence-electron chi connectivity index (χ1n) is 7.23. The molecule has 1 atom stereocenters. The van der Waals surface area contributed by atoms with Gasteiger partial charge in [-0.2, -0.15) is 4.31 Å². The summed E-state index contributed by atoms with van der Waals surface area (Å²) >= 11 is 0. The van der Waals surface area contributed by atoms with Gasteiger partial charge in [0, 0.05) is 19.0 Å². The Hall–Kier alpha value is -1.59. The normalized spacial score (nSPS) is 20.0. The van der Waals surface area contributed by atoms with Crippen molar-refractivity contribution in [3.8, 4) is 0 Å². The highest BCUT2D eigenvalue weighted by atomic mass is 32.2. The number of hydrogen-bond acceptors (Lipinski definition) is 3. The van der Waals surface area contributed by atoms with Gasteiger partial charge >= 0.3 is 0 Å². The largest absolute Gasteiger partial charge is 0.469 e. The Morgan fingerprint density at radius 2 is 2.00 bits per heavy atom. The Labute approximate surface area is 125 Å². The molecule has 0 bridgehead atoms. The van der Waals surface area contributed by atoms with Gasteiger partial charge in [-0.3, -0.25) is 0 Å². The van der Waals surface area contributed by atoms with Crippen molar-refractivity contribution in [1.29, 1.82) is 0 Å². The Bertz CT molecular complexity index is 690. The van der Waals surface area contributed by atoms with Crippen LogP contribution in [0.25, 0.3) is 0 Å². The van der Waals surface area contributed by atoms with Crippen LogP contribution in [0, 0.1) is 0 Å². The first-order chi connectivity index (χ1) is 10.1. The van der Waals surface area contributed by atoms with E-state index in [9.17, 15) is 8.42 Å². The zero-order chi connectivity index (χ0) is 14.9. The lowest BCUT2D eigenvalue weighted by Gasteiger charge is -2.16. The Morgan fingerprint density at radius 1 is 1.24 bits per heavy atom. The van der Waals surface area contributed by atoms with Crippen LogP contribution in [-0.2, 0) is 16.4 Å². The van der Waals surface area contributed by atoms with Crippen molar-refractivity contribution in [2.75, 3.05) is 13.1 Å². The average Bonchev–Trinajstić information content (AvgIpc) is 3.18. The third kappa shape index (κ3) is 2.76. The minimum atomic E-state index is -3.40. The number of furan rings is 1. The van der Waals surface area contributed by atoms with Crippen molar-refractivity contribution in [2.45, 2.75) is 30.6 Å². The molecule has 2 heterocycles. The van der Waals surface area contributed by atoms with Gasteiger partial charge in [-0.1, -0.05) is 19.1 Å². The molecule has 5 heteroatoms. The fourth-order valence-electron chi connectivity index (χ4n) is 2.75. The molecule has 2 aromatic rings. The Morgan fingerprint density at radius 3 is 2.62 bits per heavy atom. The summed E-state index contributed by atoms with van der Waals surface area (Å²) in [7, 11) is -3.40. The minimum Gasteiger partial charge on any atom is -0.469 e. The lowest BCUT2D eigenvalue weighted by Crippen LogP contribution is -2.28. The molecule has 1 aromatic heterocycles. The molecule has 112 valence electrons. The highest BCUT2D eigenvalue weighted by Gasteiger charge is 2.34. The number of benzene rings is 1. The molecule has 1 aliphatic rings. The van der Waals surface area contributed by atoms with Crippen molar-refractivity contribution >= 4 is 10.0 Å². The molecule has 0 radical (unpaired) electrons. The number of aryl methyl sites for hydroxylation is 1. The second kappa shape index (κ2) is 5.66. The average molecular weight is 305 g/mol. The first kappa shape index (κ1) is 14.4. The van der Waals surface area contributed by atoms with Gasteiger partial charge in [0.1, 0.15) is 5.76 Å². The highest BCUT2D eigenvalue weighted by Crippen LogP contribution is 2.31. The van der Waals surface area contributed by atoms with Crippen molar-refractivity contribution in [3.05, 3.63) is 54.0 Å². The van der Waals surface area contributed by atoms with Gasteiger partial charge in [-0.05, 0) is 42.7 Å². The maximum absolute atomic E-state index is 12.6. The fraction of sp³-hybridized carbons (Fsp3) is 0.375. The van der Waals surface area contributed by atoms with Crippen molar-refractivity contribution in [2.24, 2.45) is 0 Å². The minimum absolute atomic E-state index is 0.157. The van der Waals surface area contributed by atoms with Gasteiger partial charge in [0.2, 0.25) is 10.0 Å². The van der Waals surface area contributed by atoms with Crippen LogP contribution in [0.5, 0.6) is 0 Å². The quantitative estimate of drug-likeness (QED) is 0.872. The molecular formula is C16H19NO3S. The van der Waals surface area contributed by atoms with Crippen LogP contribution >= 0.6 is 0 Å². The summed E-state index contributed by atoms with van der Waals surface area (Å²) in [6.45, 7) is 3.09. The van der Waals surface area contributed by atoms with Crippen LogP contribution in [0.1, 0.15) is 30.6 Å². The van der Waals surface area contributed by atoms with Crippen LogP contribution in [0.4, 0.5) is 0 Å². The van der Waals surface area contributed by atoms with E-state index >= 15 is 0 Å².